The van der Waals surface area contributed by atoms with Gasteiger partial charge in [0.15, 0.2) is 0 Å². The van der Waals surface area contributed by atoms with Gasteiger partial charge in [-0.05, 0) is 30.7 Å². The van der Waals surface area contributed by atoms with Gasteiger partial charge in [-0.3, -0.25) is 10.1 Å². The molecule has 0 aromatic heterocycles. The Morgan fingerprint density at radius 2 is 1.81 bits per heavy atom. The van der Waals surface area contributed by atoms with Crippen molar-refractivity contribution in [1.29, 1.82) is 0 Å². The molecule has 1 fully saturated rings. The Balaban J connectivity index is 2.20. The van der Waals surface area contributed by atoms with Crippen molar-refractivity contribution in [3.63, 3.8) is 0 Å². The molecule has 0 aliphatic carbocycles. The first-order valence-corrected chi connectivity index (χ1v) is 7.95. The lowest BCUT2D eigenvalue weighted by molar-refractivity contribution is -0.130. The van der Waals surface area contributed by atoms with Crippen molar-refractivity contribution >= 4 is 5.91 Å². The summed E-state index contributed by atoms with van der Waals surface area (Å²) in [6.07, 6.45) is 1.87. The van der Waals surface area contributed by atoms with E-state index in [1.54, 1.807) is 0 Å². The second-order valence-electron chi connectivity index (χ2n) is 7.28. The molecule has 1 saturated heterocycles. The van der Waals surface area contributed by atoms with Gasteiger partial charge in [-0.15, -0.1) is 0 Å². The fourth-order valence-corrected chi connectivity index (χ4v) is 2.69. The van der Waals surface area contributed by atoms with Crippen LogP contribution in [0.1, 0.15) is 57.8 Å². The van der Waals surface area contributed by atoms with E-state index in [1.165, 1.54) is 11.1 Å². The summed E-state index contributed by atoms with van der Waals surface area (Å²) in [4.78, 5) is 14.6. The third-order valence-electron chi connectivity index (χ3n) is 4.16. The third-order valence-corrected chi connectivity index (χ3v) is 4.16. The van der Waals surface area contributed by atoms with Crippen molar-refractivity contribution in [1.82, 2.24) is 10.2 Å². The lowest BCUT2D eigenvalue weighted by Gasteiger charge is -2.28. The second-order valence-corrected chi connectivity index (χ2v) is 7.28. The molecule has 1 aliphatic rings. The van der Waals surface area contributed by atoms with Gasteiger partial charge in [0.25, 0.3) is 0 Å². The molecule has 0 bridgehead atoms. The van der Waals surface area contributed by atoms with Crippen molar-refractivity contribution in [2.24, 2.45) is 5.41 Å². The highest BCUT2D eigenvalue weighted by atomic mass is 16.2. The quantitative estimate of drug-likeness (QED) is 0.917. The van der Waals surface area contributed by atoms with Gasteiger partial charge < -0.3 is 4.90 Å². The van der Waals surface area contributed by atoms with E-state index in [9.17, 15) is 4.79 Å². The van der Waals surface area contributed by atoms with Gasteiger partial charge in [0.2, 0.25) is 5.91 Å². The fourth-order valence-electron chi connectivity index (χ4n) is 2.69. The van der Waals surface area contributed by atoms with E-state index in [1.807, 2.05) is 4.90 Å². The molecule has 0 saturated carbocycles. The number of hydrogen-bond acceptors (Lipinski definition) is 2. The largest absolute Gasteiger partial charge is 0.322 e. The summed E-state index contributed by atoms with van der Waals surface area (Å²) < 4.78 is 0. The molecule has 2 atom stereocenters. The maximum absolute atomic E-state index is 12.6. The van der Waals surface area contributed by atoms with Crippen LogP contribution in [0, 0.1) is 12.3 Å². The standard InChI is InChI=1S/C18H28N2O/c1-6-15-17(21)20(12-11-18(3,4)5)16(19-15)14-9-7-13(2)8-10-14/h7-10,15-16,19H,6,11-12H2,1-5H3. The molecule has 3 nitrogen and oxygen atoms in total. The molecule has 1 aromatic rings. The zero-order chi connectivity index (χ0) is 15.6. The van der Waals surface area contributed by atoms with Crippen LogP contribution in [-0.4, -0.2) is 23.4 Å². The molecule has 1 amide bonds. The summed E-state index contributed by atoms with van der Waals surface area (Å²) in [6.45, 7) is 11.6. The number of nitrogens with one attached hydrogen (secondary N) is 1. The van der Waals surface area contributed by atoms with Gasteiger partial charge in [-0.25, -0.2) is 0 Å². The molecule has 1 heterocycles. The number of nitrogens with zero attached hydrogens (tertiary/aromatic N) is 1. The van der Waals surface area contributed by atoms with Crippen LogP contribution in [-0.2, 0) is 4.79 Å². The van der Waals surface area contributed by atoms with Crippen molar-refractivity contribution in [3.8, 4) is 0 Å². The monoisotopic (exact) mass is 288 g/mol. The smallest absolute Gasteiger partial charge is 0.241 e. The predicted octanol–water partition coefficient (Wildman–Crippen LogP) is 3.64. The van der Waals surface area contributed by atoms with E-state index < -0.39 is 0 Å². The Bertz CT molecular complexity index is 487. The molecule has 116 valence electrons. The van der Waals surface area contributed by atoms with Crippen molar-refractivity contribution in [2.45, 2.75) is 59.7 Å². The zero-order valence-corrected chi connectivity index (χ0v) is 13.9. The average Bonchev–Trinajstić information content (AvgIpc) is 2.73. The maximum Gasteiger partial charge on any atom is 0.241 e. The number of benzene rings is 1. The van der Waals surface area contributed by atoms with Crippen molar-refractivity contribution in [3.05, 3.63) is 35.4 Å². The van der Waals surface area contributed by atoms with Crippen LogP contribution in [0.3, 0.4) is 0 Å². The van der Waals surface area contributed by atoms with Crippen LogP contribution < -0.4 is 5.32 Å². The Kier molecular flexibility index (Phi) is 4.72. The lowest BCUT2D eigenvalue weighted by Crippen LogP contribution is -2.33. The molecule has 0 radical (unpaired) electrons. The van der Waals surface area contributed by atoms with Gasteiger partial charge in [0.1, 0.15) is 6.17 Å². The van der Waals surface area contributed by atoms with Gasteiger partial charge >= 0.3 is 0 Å². The van der Waals surface area contributed by atoms with Gasteiger partial charge in [-0.1, -0.05) is 57.5 Å². The molecular weight excluding hydrogens is 260 g/mol. The Hall–Kier alpha value is -1.35. The first kappa shape index (κ1) is 16.0. The van der Waals surface area contributed by atoms with Crippen LogP contribution in [0.5, 0.6) is 0 Å². The third kappa shape index (κ3) is 3.85. The van der Waals surface area contributed by atoms with Gasteiger partial charge in [0.05, 0.1) is 6.04 Å². The molecule has 2 unspecified atom stereocenters. The van der Waals surface area contributed by atoms with Crippen LogP contribution in [0.2, 0.25) is 0 Å². The highest BCUT2D eigenvalue weighted by Crippen LogP contribution is 2.29. The topological polar surface area (TPSA) is 32.3 Å². The summed E-state index contributed by atoms with van der Waals surface area (Å²) in [5.74, 6) is 0.243. The number of rotatable bonds is 4. The maximum atomic E-state index is 12.6. The summed E-state index contributed by atoms with van der Waals surface area (Å²) in [6, 6.07) is 8.44. The minimum atomic E-state index is -0.0451. The molecule has 1 aliphatic heterocycles. The van der Waals surface area contributed by atoms with Crippen LogP contribution in [0.4, 0.5) is 0 Å². The summed E-state index contributed by atoms with van der Waals surface area (Å²) >= 11 is 0. The number of amides is 1. The minimum Gasteiger partial charge on any atom is -0.322 e. The van der Waals surface area contributed by atoms with Crippen LogP contribution >= 0.6 is 0 Å². The summed E-state index contributed by atoms with van der Waals surface area (Å²) in [7, 11) is 0. The molecule has 1 N–H and O–H groups in total. The SMILES string of the molecule is CCC1NC(c2ccc(C)cc2)N(CCC(C)(C)C)C1=O. The first-order valence-electron chi connectivity index (χ1n) is 7.95. The fraction of sp³-hybridized carbons (Fsp3) is 0.611. The van der Waals surface area contributed by atoms with Crippen molar-refractivity contribution in [2.75, 3.05) is 6.54 Å². The van der Waals surface area contributed by atoms with E-state index >= 15 is 0 Å². The molecule has 21 heavy (non-hydrogen) atoms. The molecular formula is C18H28N2O. The number of carbonyl (C=O) groups is 1. The second kappa shape index (κ2) is 6.18. The van der Waals surface area contributed by atoms with E-state index in [-0.39, 0.29) is 23.5 Å². The summed E-state index contributed by atoms with van der Waals surface area (Å²) in [5.41, 5.74) is 2.66. The molecule has 1 aromatic carbocycles. The number of carbonyl (C=O) groups excluding carboxylic acids is 1. The molecule has 2 rings (SSSR count). The Morgan fingerprint density at radius 3 is 2.33 bits per heavy atom. The van der Waals surface area contributed by atoms with Crippen molar-refractivity contribution < 1.29 is 4.79 Å². The predicted molar refractivity (Wildman–Crippen MR) is 86.9 cm³/mol. The Labute approximate surface area is 128 Å². The highest BCUT2D eigenvalue weighted by molar-refractivity contribution is 5.84. The summed E-state index contributed by atoms with van der Waals surface area (Å²) in [5, 5.41) is 3.49. The van der Waals surface area contributed by atoms with E-state index in [4.69, 9.17) is 0 Å². The number of hydrogen-bond donors (Lipinski definition) is 1. The first-order chi connectivity index (χ1) is 9.81. The Morgan fingerprint density at radius 1 is 1.19 bits per heavy atom. The van der Waals surface area contributed by atoms with Crippen LogP contribution in [0.15, 0.2) is 24.3 Å². The van der Waals surface area contributed by atoms with Gasteiger partial charge in [0, 0.05) is 6.54 Å². The van der Waals surface area contributed by atoms with E-state index in [0.29, 0.717) is 0 Å². The van der Waals surface area contributed by atoms with E-state index in [0.717, 1.165) is 19.4 Å². The zero-order valence-electron chi connectivity index (χ0n) is 13.9. The van der Waals surface area contributed by atoms with E-state index in [2.05, 4.69) is 64.2 Å². The molecule has 3 heteroatoms. The average molecular weight is 288 g/mol. The minimum absolute atomic E-state index is 0.0189. The highest BCUT2D eigenvalue weighted by Gasteiger charge is 2.38. The lowest BCUT2D eigenvalue weighted by atomic mass is 9.92. The van der Waals surface area contributed by atoms with Crippen LogP contribution in [0.25, 0.3) is 0 Å². The number of aryl methyl sites for hydroxylation is 1. The normalized spacial score (nSPS) is 22.9. The van der Waals surface area contributed by atoms with Gasteiger partial charge in [-0.2, -0.15) is 0 Å². The molecule has 0 spiro atoms.